The number of aromatic nitrogens is 5. The number of hydrogen-bond donors (Lipinski definition) is 1. The van der Waals surface area contributed by atoms with Crippen molar-refractivity contribution in [1.29, 1.82) is 0 Å². The Morgan fingerprint density at radius 2 is 1.81 bits per heavy atom. The van der Waals surface area contributed by atoms with E-state index in [9.17, 15) is 4.39 Å². The average Bonchev–Trinajstić information content (AvgIpc) is 3.53. The van der Waals surface area contributed by atoms with Crippen LogP contribution in [0.15, 0.2) is 74.9 Å². The number of nitrogens with one attached hydrogen (secondary N) is 1. The van der Waals surface area contributed by atoms with Crippen LogP contribution in [0.5, 0.6) is 0 Å². The number of rotatable bonds is 6. The molecule has 0 saturated heterocycles. The number of benzene rings is 2. The van der Waals surface area contributed by atoms with E-state index in [4.69, 9.17) is 8.94 Å². The molecule has 5 rings (SSSR count). The summed E-state index contributed by atoms with van der Waals surface area (Å²) in [5.74, 6) is 1.59. The van der Waals surface area contributed by atoms with Gasteiger partial charge < -0.3 is 13.9 Å². The molecule has 0 bridgehead atoms. The van der Waals surface area contributed by atoms with Crippen molar-refractivity contribution in [2.45, 2.75) is 17.8 Å². The second-order valence-corrected chi connectivity index (χ2v) is 7.69. The molecule has 154 valence electrons. The molecule has 31 heavy (non-hydrogen) atoms. The maximum Gasteiger partial charge on any atom is 0.253 e. The van der Waals surface area contributed by atoms with Gasteiger partial charge in [0.05, 0.1) is 17.6 Å². The first-order valence-electron chi connectivity index (χ1n) is 9.45. The second kappa shape index (κ2) is 8.19. The predicted octanol–water partition coefficient (Wildman–Crippen LogP) is 5.52. The molecule has 7 nitrogen and oxygen atoms in total. The first kappa shape index (κ1) is 19.3. The molecule has 2 aromatic carbocycles. The lowest BCUT2D eigenvalue weighted by atomic mass is 10.1. The van der Waals surface area contributed by atoms with Crippen LogP contribution in [0.1, 0.15) is 11.7 Å². The molecule has 0 atom stereocenters. The highest BCUT2D eigenvalue weighted by atomic mass is 32.2. The van der Waals surface area contributed by atoms with E-state index in [-0.39, 0.29) is 5.82 Å². The van der Waals surface area contributed by atoms with Crippen molar-refractivity contribution in [2.24, 2.45) is 0 Å². The fourth-order valence-electron chi connectivity index (χ4n) is 3.11. The number of aromatic amines is 1. The molecule has 0 saturated carbocycles. The Bertz CT molecular complexity index is 1310. The van der Waals surface area contributed by atoms with Crippen LogP contribution in [0.2, 0.25) is 0 Å². The number of nitrogens with zero attached hydrogens (tertiary/aromatic N) is 4. The summed E-state index contributed by atoms with van der Waals surface area (Å²) in [6.07, 6.45) is 1.71. The summed E-state index contributed by atoms with van der Waals surface area (Å²) < 4.78 is 24.3. The summed E-state index contributed by atoms with van der Waals surface area (Å²) in [7, 11) is 0. The van der Waals surface area contributed by atoms with Crippen LogP contribution in [-0.4, -0.2) is 25.3 Å². The van der Waals surface area contributed by atoms with Crippen LogP contribution < -0.4 is 0 Å². The van der Waals surface area contributed by atoms with E-state index in [1.165, 1.54) is 23.9 Å². The summed E-state index contributed by atoms with van der Waals surface area (Å²) >= 11 is 1.43. The lowest BCUT2D eigenvalue weighted by molar-refractivity contribution is 0.399. The smallest absolute Gasteiger partial charge is 0.253 e. The lowest BCUT2D eigenvalue weighted by Gasteiger charge is -1.98. The zero-order valence-electron chi connectivity index (χ0n) is 16.4. The normalized spacial score (nSPS) is 11.2. The highest BCUT2D eigenvalue weighted by Crippen LogP contribution is 2.34. The zero-order valence-corrected chi connectivity index (χ0v) is 17.2. The summed E-state index contributed by atoms with van der Waals surface area (Å²) in [5.41, 5.74) is 3.92. The van der Waals surface area contributed by atoms with Crippen molar-refractivity contribution in [3.63, 3.8) is 0 Å². The van der Waals surface area contributed by atoms with Crippen molar-refractivity contribution >= 4 is 11.8 Å². The molecule has 0 unspecified atom stereocenters. The third-order valence-corrected chi connectivity index (χ3v) is 5.50. The van der Waals surface area contributed by atoms with E-state index in [0.29, 0.717) is 39.7 Å². The van der Waals surface area contributed by atoms with E-state index in [1.54, 1.807) is 18.3 Å². The van der Waals surface area contributed by atoms with E-state index >= 15 is 0 Å². The van der Waals surface area contributed by atoms with Crippen molar-refractivity contribution in [1.82, 2.24) is 25.3 Å². The number of halogens is 1. The monoisotopic (exact) mass is 433 g/mol. The van der Waals surface area contributed by atoms with Gasteiger partial charge in [0.1, 0.15) is 22.8 Å². The van der Waals surface area contributed by atoms with Crippen molar-refractivity contribution < 1.29 is 13.3 Å². The molecular formula is C22H16FN5O2S. The Morgan fingerprint density at radius 1 is 1.00 bits per heavy atom. The van der Waals surface area contributed by atoms with Gasteiger partial charge in [-0.05, 0) is 36.8 Å². The van der Waals surface area contributed by atoms with Crippen LogP contribution in [0.4, 0.5) is 4.39 Å². The fourth-order valence-corrected chi connectivity index (χ4v) is 3.80. The second-order valence-electron chi connectivity index (χ2n) is 6.73. The Kier molecular flexibility index (Phi) is 5.09. The zero-order chi connectivity index (χ0) is 21.2. The summed E-state index contributed by atoms with van der Waals surface area (Å²) in [4.78, 5) is 7.56. The third kappa shape index (κ3) is 3.99. The summed E-state index contributed by atoms with van der Waals surface area (Å²) in [5, 5.41) is 13.2. The molecule has 0 aliphatic carbocycles. The molecule has 0 radical (unpaired) electrons. The van der Waals surface area contributed by atoms with Crippen molar-refractivity contribution in [3.8, 4) is 34.0 Å². The van der Waals surface area contributed by atoms with Gasteiger partial charge in [-0.25, -0.2) is 9.37 Å². The highest BCUT2D eigenvalue weighted by Gasteiger charge is 2.22. The van der Waals surface area contributed by atoms with Gasteiger partial charge in [0.25, 0.3) is 5.89 Å². The number of aryl methyl sites for hydroxylation is 1. The Balaban J connectivity index is 1.32. The van der Waals surface area contributed by atoms with Crippen molar-refractivity contribution in [2.75, 3.05) is 0 Å². The number of H-pyrrole nitrogens is 1. The SMILES string of the molecule is Cc1onc(-c2ccccc2)c1-c1nnc(CSc2ncc(-c3ccc(F)cc3)[nH]2)o1. The Hall–Kier alpha value is -3.72. The van der Waals surface area contributed by atoms with Crippen LogP contribution in [-0.2, 0) is 5.75 Å². The quantitative estimate of drug-likeness (QED) is 0.352. The van der Waals surface area contributed by atoms with Gasteiger partial charge in [-0.2, -0.15) is 0 Å². The molecule has 1 N–H and O–H groups in total. The molecular weight excluding hydrogens is 417 g/mol. The van der Waals surface area contributed by atoms with E-state index in [1.807, 2.05) is 37.3 Å². The maximum absolute atomic E-state index is 13.1. The average molecular weight is 433 g/mol. The minimum absolute atomic E-state index is 0.274. The maximum atomic E-state index is 13.1. The van der Waals surface area contributed by atoms with Gasteiger partial charge in [-0.1, -0.05) is 47.3 Å². The first-order valence-corrected chi connectivity index (χ1v) is 10.4. The number of imidazole rings is 1. The van der Waals surface area contributed by atoms with E-state index in [0.717, 1.165) is 16.8 Å². The summed E-state index contributed by atoms with van der Waals surface area (Å²) in [6.45, 7) is 1.81. The lowest BCUT2D eigenvalue weighted by Crippen LogP contribution is -1.84. The van der Waals surface area contributed by atoms with Crippen LogP contribution in [0.3, 0.4) is 0 Å². The molecule has 0 fully saturated rings. The number of thioether (sulfide) groups is 1. The minimum Gasteiger partial charge on any atom is -0.420 e. The molecule has 0 amide bonds. The van der Waals surface area contributed by atoms with Gasteiger partial charge >= 0.3 is 0 Å². The largest absolute Gasteiger partial charge is 0.420 e. The molecule has 9 heteroatoms. The van der Waals surface area contributed by atoms with E-state index < -0.39 is 0 Å². The molecule has 0 aliphatic rings. The van der Waals surface area contributed by atoms with Gasteiger partial charge in [-0.15, -0.1) is 10.2 Å². The third-order valence-electron chi connectivity index (χ3n) is 4.63. The van der Waals surface area contributed by atoms with Gasteiger partial charge in [-0.3, -0.25) is 0 Å². The Morgan fingerprint density at radius 3 is 2.61 bits per heavy atom. The van der Waals surface area contributed by atoms with Gasteiger partial charge in [0, 0.05) is 5.56 Å². The molecule has 5 aromatic rings. The molecule has 0 spiro atoms. The predicted molar refractivity (Wildman–Crippen MR) is 114 cm³/mol. The highest BCUT2D eigenvalue weighted by molar-refractivity contribution is 7.98. The number of hydrogen-bond acceptors (Lipinski definition) is 7. The summed E-state index contributed by atoms with van der Waals surface area (Å²) in [6, 6.07) is 15.9. The Labute approximate surface area is 180 Å². The topological polar surface area (TPSA) is 93.6 Å². The van der Waals surface area contributed by atoms with Crippen LogP contribution in [0.25, 0.3) is 34.0 Å². The molecule has 3 heterocycles. The van der Waals surface area contributed by atoms with E-state index in [2.05, 4.69) is 25.3 Å². The fraction of sp³-hybridized carbons (Fsp3) is 0.0909. The molecule has 3 aromatic heterocycles. The van der Waals surface area contributed by atoms with Gasteiger partial charge in [0.15, 0.2) is 5.16 Å². The minimum atomic E-state index is -0.274. The molecule has 0 aliphatic heterocycles. The standard InChI is InChI=1S/C22H16FN5O2S/c1-13-19(20(28-30-13)15-5-3-2-4-6-15)21-27-26-18(29-21)12-31-22-24-11-17(25-22)14-7-9-16(23)10-8-14/h2-11H,12H2,1H3,(H,24,25). The van der Waals surface area contributed by atoms with Crippen molar-refractivity contribution in [3.05, 3.63) is 78.3 Å². The van der Waals surface area contributed by atoms with Crippen LogP contribution in [0, 0.1) is 12.7 Å². The van der Waals surface area contributed by atoms with Crippen LogP contribution >= 0.6 is 11.8 Å². The first-order chi connectivity index (χ1) is 15.2. The van der Waals surface area contributed by atoms with Gasteiger partial charge in [0.2, 0.25) is 5.89 Å².